The Kier molecular flexibility index (Phi) is 3.28. The molecule has 0 atom stereocenters. The van der Waals surface area contributed by atoms with Crippen molar-refractivity contribution in [3.8, 4) is 11.4 Å². The number of benzene rings is 2. The number of nitrogens with one attached hydrogen (secondary N) is 1. The Morgan fingerprint density at radius 3 is 2.55 bits per heavy atom. The fourth-order valence-corrected chi connectivity index (χ4v) is 1.88. The lowest BCUT2D eigenvalue weighted by atomic mass is 10.2. The molecule has 3 rings (SSSR count). The van der Waals surface area contributed by atoms with E-state index in [1.807, 2.05) is 42.5 Å². The summed E-state index contributed by atoms with van der Waals surface area (Å²) in [5.74, 6) is 0.776. The van der Waals surface area contributed by atoms with Crippen LogP contribution in [0.25, 0.3) is 5.69 Å². The van der Waals surface area contributed by atoms with Gasteiger partial charge in [-0.1, -0.05) is 41.5 Å². The highest BCUT2D eigenvalue weighted by Gasteiger charge is 2.08. The third-order valence-corrected chi connectivity index (χ3v) is 2.90. The summed E-state index contributed by atoms with van der Waals surface area (Å²) in [6.07, 6.45) is 0. The molecule has 0 amide bonds. The summed E-state index contributed by atoms with van der Waals surface area (Å²) in [4.78, 5) is 0. The predicted molar refractivity (Wildman–Crippen MR) is 74.6 cm³/mol. The first-order chi connectivity index (χ1) is 9.84. The summed E-state index contributed by atoms with van der Waals surface area (Å²) in [5.41, 5.74) is 1.66. The van der Waals surface area contributed by atoms with Crippen molar-refractivity contribution in [2.75, 3.05) is 5.32 Å². The minimum absolute atomic E-state index is 0.249. The van der Waals surface area contributed by atoms with Gasteiger partial charge in [0.2, 0.25) is 5.95 Å². The molecule has 2 N–H and O–H groups in total. The quantitative estimate of drug-likeness (QED) is 0.756. The van der Waals surface area contributed by atoms with Gasteiger partial charge >= 0.3 is 0 Å². The lowest BCUT2D eigenvalue weighted by molar-refractivity contribution is 0.469. The average Bonchev–Trinajstić information content (AvgIpc) is 2.96. The van der Waals surface area contributed by atoms with Gasteiger partial charge in [0.15, 0.2) is 0 Å². The molecule has 0 aliphatic rings. The van der Waals surface area contributed by atoms with Gasteiger partial charge in [-0.3, -0.25) is 0 Å². The molecule has 0 aliphatic heterocycles. The lowest BCUT2D eigenvalue weighted by Gasteiger charge is -2.08. The molecule has 2 aromatic carbocycles. The zero-order valence-corrected chi connectivity index (χ0v) is 10.6. The van der Waals surface area contributed by atoms with Gasteiger partial charge in [0.1, 0.15) is 5.75 Å². The van der Waals surface area contributed by atoms with Crippen LogP contribution in [-0.4, -0.2) is 25.3 Å². The van der Waals surface area contributed by atoms with Crippen LogP contribution < -0.4 is 5.32 Å². The highest BCUT2D eigenvalue weighted by atomic mass is 16.3. The van der Waals surface area contributed by atoms with Gasteiger partial charge in [0, 0.05) is 12.1 Å². The van der Waals surface area contributed by atoms with Crippen molar-refractivity contribution in [3.63, 3.8) is 0 Å². The smallest absolute Gasteiger partial charge is 0.248 e. The molecule has 100 valence electrons. The summed E-state index contributed by atoms with van der Waals surface area (Å²) in [6.45, 7) is 0.444. The highest BCUT2D eigenvalue weighted by molar-refractivity contribution is 5.40. The van der Waals surface area contributed by atoms with Crippen LogP contribution in [0.3, 0.4) is 0 Å². The number of anilines is 1. The van der Waals surface area contributed by atoms with Gasteiger partial charge in [-0.25, -0.2) is 0 Å². The number of phenolic OH excluding ortho intramolecular Hbond substituents is 1. The Bertz CT molecular complexity index is 696. The van der Waals surface area contributed by atoms with Crippen molar-refractivity contribution in [1.29, 1.82) is 0 Å². The van der Waals surface area contributed by atoms with Crippen LogP contribution in [0, 0.1) is 0 Å². The van der Waals surface area contributed by atoms with Crippen molar-refractivity contribution < 1.29 is 5.11 Å². The van der Waals surface area contributed by atoms with Crippen molar-refractivity contribution in [2.45, 2.75) is 6.54 Å². The van der Waals surface area contributed by atoms with Crippen molar-refractivity contribution >= 4 is 5.95 Å². The minimum Gasteiger partial charge on any atom is -0.508 e. The first-order valence-electron chi connectivity index (χ1n) is 6.19. The molecule has 1 aromatic heterocycles. The molecule has 0 unspecified atom stereocenters. The Balaban J connectivity index is 1.80. The van der Waals surface area contributed by atoms with E-state index in [1.165, 1.54) is 0 Å². The number of tetrazole rings is 1. The molecule has 0 fully saturated rings. The second-order valence-electron chi connectivity index (χ2n) is 4.23. The van der Waals surface area contributed by atoms with Gasteiger partial charge in [-0.15, -0.1) is 0 Å². The van der Waals surface area contributed by atoms with E-state index < -0.39 is 0 Å². The molecule has 0 radical (unpaired) electrons. The largest absolute Gasteiger partial charge is 0.508 e. The maximum Gasteiger partial charge on any atom is 0.248 e. The molecule has 6 heteroatoms. The Hall–Kier alpha value is -2.89. The molecule has 3 aromatic rings. The second kappa shape index (κ2) is 5.40. The topological polar surface area (TPSA) is 75.9 Å². The van der Waals surface area contributed by atoms with E-state index in [9.17, 15) is 5.11 Å². The fourth-order valence-electron chi connectivity index (χ4n) is 1.88. The van der Waals surface area contributed by atoms with E-state index in [-0.39, 0.29) is 5.75 Å². The van der Waals surface area contributed by atoms with E-state index in [4.69, 9.17) is 0 Å². The number of aromatic hydroxyl groups is 1. The number of hydrogen-bond donors (Lipinski definition) is 2. The van der Waals surface area contributed by atoms with Gasteiger partial charge in [0.05, 0.1) is 5.69 Å². The maximum atomic E-state index is 9.73. The Morgan fingerprint density at radius 1 is 1.00 bits per heavy atom. The monoisotopic (exact) mass is 267 g/mol. The van der Waals surface area contributed by atoms with Crippen molar-refractivity contribution in [2.24, 2.45) is 0 Å². The number of hydrogen-bond acceptors (Lipinski definition) is 5. The van der Waals surface area contributed by atoms with E-state index in [2.05, 4.69) is 20.8 Å². The molecular formula is C14H13N5O. The van der Waals surface area contributed by atoms with Gasteiger partial charge in [0.25, 0.3) is 0 Å². The molecule has 6 nitrogen and oxygen atoms in total. The Morgan fingerprint density at radius 2 is 1.75 bits per heavy atom. The van der Waals surface area contributed by atoms with Crippen LogP contribution in [0.2, 0.25) is 0 Å². The molecule has 0 saturated carbocycles. The first kappa shape index (κ1) is 12.2. The fraction of sp³-hybridized carbons (Fsp3) is 0.0714. The second-order valence-corrected chi connectivity index (χ2v) is 4.23. The third-order valence-electron chi connectivity index (χ3n) is 2.90. The molecular weight excluding hydrogens is 254 g/mol. The van der Waals surface area contributed by atoms with Crippen LogP contribution in [-0.2, 0) is 6.54 Å². The van der Waals surface area contributed by atoms with Gasteiger partial charge in [-0.05, 0) is 28.6 Å². The number of para-hydroxylation sites is 2. The average molecular weight is 267 g/mol. The summed E-state index contributed by atoms with van der Waals surface area (Å²) in [6, 6.07) is 16.8. The summed E-state index contributed by atoms with van der Waals surface area (Å²) in [5, 5.41) is 24.4. The molecule has 0 aliphatic carbocycles. The Labute approximate surface area is 115 Å². The van der Waals surface area contributed by atoms with Crippen LogP contribution >= 0.6 is 0 Å². The molecule has 20 heavy (non-hydrogen) atoms. The summed E-state index contributed by atoms with van der Waals surface area (Å²) < 4.78 is 1.61. The zero-order valence-electron chi connectivity index (χ0n) is 10.6. The minimum atomic E-state index is 0.249. The zero-order chi connectivity index (χ0) is 13.8. The van der Waals surface area contributed by atoms with Crippen LogP contribution in [0.1, 0.15) is 5.56 Å². The third kappa shape index (κ3) is 2.44. The van der Waals surface area contributed by atoms with Gasteiger partial charge in [-0.2, -0.15) is 4.68 Å². The summed E-state index contributed by atoms with van der Waals surface area (Å²) >= 11 is 0. The number of rotatable bonds is 4. The van der Waals surface area contributed by atoms with Crippen molar-refractivity contribution in [1.82, 2.24) is 20.2 Å². The van der Waals surface area contributed by atoms with Crippen LogP contribution in [0.4, 0.5) is 5.95 Å². The van der Waals surface area contributed by atoms with E-state index in [0.717, 1.165) is 11.3 Å². The van der Waals surface area contributed by atoms with Gasteiger partial charge < -0.3 is 10.4 Å². The summed E-state index contributed by atoms with van der Waals surface area (Å²) in [7, 11) is 0. The van der Waals surface area contributed by atoms with E-state index in [0.29, 0.717) is 12.5 Å². The van der Waals surface area contributed by atoms with E-state index >= 15 is 0 Å². The highest BCUT2D eigenvalue weighted by Crippen LogP contribution is 2.17. The predicted octanol–water partition coefficient (Wildman–Crippen LogP) is 1.98. The number of aromatic nitrogens is 4. The normalized spacial score (nSPS) is 10.4. The standard InChI is InChI=1S/C14H13N5O/c20-13-9-5-4-6-11(13)10-15-14-16-17-18-19(14)12-7-2-1-3-8-12/h1-9,20H,10H2,(H,15,16,18). The molecule has 0 bridgehead atoms. The van der Waals surface area contributed by atoms with Crippen LogP contribution in [0.15, 0.2) is 54.6 Å². The SMILES string of the molecule is Oc1ccccc1CNc1nnnn1-c1ccccc1. The van der Waals surface area contributed by atoms with Crippen LogP contribution in [0.5, 0.6) is 5.75 Å². The lowest BCUT2D eigenvalue weighted by Crippen LogP contribution is -2.07. The molecule has 0 spiro atoms. The number of phenols is 1. The first-order valence-corrected chi connectivity index (χ1v) is 6.19. The maximum absolute atomic E-state index is 9.73. The molecule has 1 heterocycles. The van der Waals surface area contributed by atoms with Crippen molar-refractivity contribution in [3.05, 3.63) is 60.2 Å². The number of nitrogens with zero attached hydrogens (tertiary/aromatic N) is 4. The molecule has 0 saturated heterocycles. The van der Waals surface area contributed by atoms with E-state index in [1.54, 1.807) is 16.8 Å².